The van der Waals surface area contributed by atoms with Gasteiger partial charge in [-0.1, -0.05) is 25.0 Å². The fourth-order valence-electron chi connectivity index (χ4n) is 4.55. The van der Waals surface area contributed by atoms with Crippen LogP contribution < -0.4 is 15.0 Å². The number of para-hydroxylation sites is 1. The Morgan fingerprint density at radius 2 is 1.79 bits per heavy atom. The number of nitrogens with one attached hydrogen (secondary N) is 2. The monoisotopic (exact) mass is 402 g/mol. The van der Waals surface area contributed by atoms with Crippen LogP contribution in [0.3, 0.4) is 0 Å². The first kappa shape index (κ1) is 21.3. The minimum absolute atomic E-state index is 0.0352. The highest BCUT2D eigenvalue weighted by molar-refractivity contribution is 6.05. The summed E-state index contributed by atoms with van der Waals surface area (Å²) in [4.78, 5) is 40.0. The van der Waals surface area contributed by atoms with Crippen molar-refractivity contribution in [2.45, 2.75) is 38.1 Å². The highest BCUT2D eigenvalue weighted by Gasteiger charge is 2.47. The molecule has 3 rings (SSSR count). The van der Waals surface area contributed by atoms with Gasteiger partial charge in [0.15, 0.2) is 0 Å². The molecule has 1 aromatic rings. The molecule has 2 N–H and O–H groups in total. The van der Waals surface area contributed by atoms with Gasteiger partial charge in [-0.2, -0.15) is 0 Å². The summed E-state index contributed by atoms with van der Waals surface area (Å²) < 4.78 is 5.46. The lowest BCUT2D eigenvalue weighted by Gasteiger charge is -2.24. The number of amides is 3. The molecule has 0 radical (unpaired) electrons. The Bertz CT molecular complexity index is 740. The average Bonchev–Trinajstić information content (AvgIpc) is 2.97. The number of benzene rings is 1. The van der Waals surface area contributed by atoms with Crippen molar-refractivity contribution in [2.24, 2.45) is 11.8 Å². The first-order chi connectivity index (χ1) is 13.9. The van der Waals surface area contributed by atoms with Gasteiger partial charge in [0.2, 0.25) is 17.7 Å². The fourth-order valence-corrected chi connectivity index (χ4v) is 4.55. The van der Waals surface area contributed by atoms with Crippen LogP contribution in [0.25, 0.3) is 0 Å². The summed E-state index contributed by atoms with van der Waals surface area (Å²) in [6, 6.07) is 7.83. The Kier molecular flexibility index (Phi) is 6.90. The number of rotatable bonds is 8. The quantitative estimate of drug-likeness (QED) is 0.623. The summed E-state index contributed by atoms with van der Waals surface area (Å²) in [6.45, 7) is 0.624. The molecular weight excluding hydrogens is 370 g/mol. The molecule has 2 aliphatic rings. The van der Waals surface area contributed by atoms with E-state index in [1.165, 1.54) is 9.80 Å². The summed E-state index contributed by atoms with van der Waals surface area (Å²) in [6.07, 6.45) is 3.74. The lowest BCUT2D eigenvalue weighted by Crippen LogP contribution is -3.07. The number of quaternary nitrogens is 1. The van der Waals surface area contributed by atoms with Gasteiger partial charge in [0, 0.05) is 13.0 Å². The van der Waals surface area contributed by atoms with Gasteiger partial charge in [0.05, 0.1) is 45.1 Å². The summed E-state index contributed by atoms with van der Waals surface area (Å²) in [5, 5.41) is 2.97. The number of fused-ring (bicyclic) bond motifs is 1. The van der Waals surface area contributed by atoms with Crippen LogP contribution in [-0.2, 0) is 14.4 Å². The van der Waals surface area contributed by atoms with Gasteiger partial charge < -0.3 is 15.0 Å². The molecule has 1 saturated carbocycles. The average molecular weight is 403 g/mol. The van der Waals surface area contributed by atoms with E-state index in [2.05, 4.69) is 5.32 Å². The summed E-state index contributed by atoms with van der Waals surface area (Å²) in [5.74, 6) is 0.151. The molecule has 158 valence electrons. The van der Waals surface area contributed by atoms with E-state index in [0.29, 0.717) is 6.54 Å². The van der Waals surface area contributed by atoms with Crippen LogP contribution in [0.5, 0.6) is 5.75 Å². The van der Waals surface area contributed by atoms with Gasteiger partial charge in [-0.05, 0) is 25.0 Å². The number of imide groups is 1. The lowest BCUT2D eigenvalue weighted by molar-refractivity contribution is -0.890. The molecule has 1 saturated heterocycles. The zero-order valence-corrected chi connectivity index (χ0v) is 17.6. The highest BCUT2D eigenvalue weighted by atomic mass is 16.5. The van der Waals surface area contributed by atoms with Crippen molar-refractivity contribution in [3.63, 3.8) is 0 Å². The van der Waals surface area contributed by atoms with Crippen molar-refractivity contribution >= 4 is 17.7 Å². The first-order valence-electron chi connectivity index (χ1n) is 10.5. The molecule has 1 aliphatic carbocycles. The molecule has 0 unspecified atom stereocenters. The normalized spacial score (nSPS) is 22.6. The molecule has 1 aliphatic heterocycles. The third kappa shape index (κ3) is 4.61. The van der Waals surface area contributed by atoms with Crippen molar-refractivity contribution in [1.82, 2.24) is 10.2 Å². The number of carbonyl (C=O) groups is 3. The molecule has 3 atom stereocenters. The Morgan fingerprint density at radius 3 is 2.38 bits per heavy atom. The van der Waals surface area contributed by atoms with E-state index in [1.807, 2.05) is 38.4 Å². The topological polar surface area (TPSA) is 80.2 Å². The van der Waals surface area contributed by atoms with Crippen molar-refractivity contribution in [3.8, 4) is 5.75 Å². The highest BCUT2D eigenvalue weighted by Crippen LogP contribution is 2.37. The fraction of sp³-hybridized carbons (Fsp3) is 0.591. The number of hydrogen-bond acceptors (Lipinski definition) is 4. The zero-order valence-electron chi connectivity index (χ0n) is 17.6. The third-order valence-corrected chi connectivity index (χ3v) is 6.21. The Morgan fingerprint density at radius 1 is 1.17 bits per heavy atom. The largest absolute Gasteiger partial charge is 0.496 e. The standard InChI is InChI=1S/C22H31N3O4/c1-24(2)18(17-10-6-7-11-19(17)29-3)14-23-20(26)12-13-25-21(27)15-8-4-5-9-16(15)22(25)28/h6-7,10-11,15-16,18H,4-5,8-9,12-14H2,1-3H3,(H,23,26)/p+1/t15-,16+,18-/m0/s1. The van der Waals surface area contributed by atoms with E-state index >= 15 is 0 Å². The van der Waals surface area contributed by atoms with E-state index in [1.54, 1.807) is 7.11 Å². The maximum Gasteiger partial charge on any atom is 0.233 e. The van der Waals surface area contributed by atoms with E-state index in [9.17, 15) is 14.4 Å². The van der Waals surface area contributed by atoms with Crippen LogP contribution in [0, 0.1) is 11.8 Å². The number of likely N-dealkylation sites (tertiary alicyclic amines) is 1. The molecule has 7 nitrogen and oxygen atoms in total. The van der Waals surface area contributed by atoms with E-state index < -0.39 is 0 Å². The second kappa shape index (κ2) is 9.39. The Balaban J connectivity index is 1.55. The first-order valence-corrected chi connectivity index (χ1v) is 10.5. The minimum atomic E-state index is -0.161. The third-order valence-electron chi connectivity index (χ3n) is 6.21. The van der Waals surface area contributed by atoms with Gasteiger partial charge >= 0.3 is 0 Å². The van der Waals surface area contributed by atoms with E-state index in [0.717, 1.165) is 37.0 Å². The van der Waals surface area contributed by atoms with Crippen molar-refractivity contribution in [3.05, 3.63) is 29.8 Å². The second-order valence-electron chi connectivity index (χ2n) is 8.25. The maximum absolute atomic E-state index is 12.5. The number of likely N-dealkylation sites (N-methyl/N-ethyl adjacent to an activating group) is 1. The number of methoxy groups -OCH3 is 1. The molecule has 0 bridgehead atoms. The number of nitrogens with zero attached hydrogens (tertiary/aromatic N) is 1. The van der Waals surface area contributed by atoms with Gasteiger partial charge in [-0.15, -0.1) is 0 Å². The molecular formula is C22H32N3O4+. The molecule has 1 heterocycles. The SMILES string of the molecule is COc1ccccc1[C@H](CNC(=O)CCN1C(=O)[C@H]2CCCC[C@H]2C1=O)[NH+](C)C. The summed E-state index contributed by atoms with van der Waals surface area (Å²) in [5.41, 5.74) is 1.03. The van der Waals surface area contributed by atoms with Crippen molar-refractivity contribution in [2.75, 3.05) is 34.3 Å². The van der Waals surface area contributed by atoms with Crippen LogP contribution in [0.4, 0.5) is 0 Å². The van der Waals surface area contributed by atoms with Crippen molar-refractivity contribution in [1.29, 1.82) is 0 Å². The minimum Gasteiger partial charge on any atom is -0.496 e. The molecule has 3 amide bonds. The van der Waals surface area contributed by atoms with Crippen LogP contribution in [-0.4, -0.2) is 56.9 Å². The second-order valence-corrected chi connectivity index (χ2v) is 8.25. The maximum atomic E-state index is 12.5. The van der Waals surface area contributed by atoms with Crippen LogP contribution in [0.2, 0.25) is 0 Å². The Hall–Kier alpha value is -2.41. The molecule has 0 aromatic heterocycles. The van der Waals surface area contributed by atoms with Gasteiger partial charge in [0.25, 0.3) is 0 Å². The molecule has 29 heavy (non-hydrogen) atoms. The van der Waals surface area contributed by atoms with Gasteiger partial charge in [0.1, 0.15) is 11.8 Å². The number of ether oxygens (including phenoxy) is 1. The Labute approximate surface area is 172 Å². The van der Waals surface area contributed by atoms with Gasteiger partial charge in [-0.3, -0.25) is 19.3 Å². The summed E-state index contributed by atoms with van der Waals surface area (Å²) in [7, 11) is 5.71. The number of carbonyl (C=O) groups excluding carboxylic acids is 3. The van der Waals surface area contributed by atoms with Crippen LogP contribution >= 0.6 is 0 Å². The molecule has 0 spiro atoms. The number of hydrogen-bond donors (Lipinski definition) is 2. The van der Waals surface area contributed by atoms with Crippen molar-refractivity contribution < 1.29 is 24.0 Å². The lowest BCUT2D eigenvalue weighted by atomic mass is 9.81. The van der Waals surface area contributed by atoms with E-state index in [-0.39, 0.29) is 48.6 Å². The van der Waals surface area contributed by atoms with Crippen LogP contribution in [0.15, 0.2) is 24.3 Å². The predicted octanol–water partition coefficient (Wildman–Crippen LogP) is 0.562. The van der Waals surface area contributed by atoms with Crippen LogP contribution in [0.1, 0.15) is 43.7 Å². The van der Waals surface area contributed by atoms with E-state index in [4.69, 9.17) is 4.74 Å². The predicted molar refractivity (Wildman–Crippen MR) is 108 cm³/mol. The zero-order chi connectivity index (χ0) is 21.0. The molecule has 1 aromatic carbocycles. The van der Waals surface area contributed by atoms with Gasteiger partial charge in [-0.25, -0.2) is 0 Å². The molecule has 2 fully saturated rings. The molecule has 7 heteroatoms. The smallest absolute Gasteiger partial charge is 0.233 e. The summed E-state index contributed by atoms with van der Waals surface area (Å²) >= 11 is 0.